The van der Waals surface area contributed by atoms with E-state index in [1.165, 1.54) is 6.20 Å². The number of H-pyrrole nitrogens is 1. The molecule has 1 aromatic heterocycles. The highest BCUT2D eigenvalue weighted by atomic mass is 32.2. The largest absolute Gasteiger partial charge is 0.345 e. The lowest BCUT2D eigenvalue weighted by Crippen LogP contribution is -2.43. The average Bonchev–Trinajstić information content (AvgIpc) is 3.02. The van der Waals surface area contributed by atoms with E-state index < -0.39 is 10.0 Å². The van der Waals surface area contributed by atoms with E-state index in [2.05, 4.69) is 9.97 Å². The predicted octanol–water partition coefficient (Wildman–Crippen LogP) is 1.22. The molecule has 0 unspecified atom stereocenters. The summed E-state index contributed by atoms with van der Waals surface area (Å²) >= 11 is 0. The van der Waals surface area contributed by atoms with Crippen molar-refractivity contribution in [2.75, 3.05) is 13.1 Å². The summed E-state index contributed by atoms with van der Waals surface area (Å²) in [4.78, 5) is 17.7. The zero-order valence-electron chi connectivity index (χ0n) is 12.0. The zero-order chi connectivity index (χ0) is 14.9. The molecular formula is C14H21N3O3S. The van der Waals surface area contributed by atoms with E-state index in [9.17, 15) is 13.2 Å². The molecule has 2 aliphatic rings. The van der Waals surface area contributed by atoms with Gasteiger partial charge in [-0.25, -0.2) is 22.5 Å². The van der Waals surface area contributed by atoms with Crippen LogP contribution >= 0.6 is 0 Å². The van der Waals surface area contributed by atoms with Gasteiger partial charge in [0.25, 0.3) is 0 Å². The van der Waals surface area contributed by atoms with Crippen LogP contribution in [0.3, 0.4) is 0 Å². The van der Waals surface area contributed by atoms with Crippen LogP contribution in [0.25, 0.3) is 0 Å². The molecule has 1 N–H and O–H groups in total. The number of aromatic nitrogens is 2. The molecule has 116 valence electrons. The molecule has 3 rings (SSSR count). The second-order valence-electron chi connectivity index (χ2n) is 5.98. The van der Waals surface area contributed by atoms with Gasteiger partial charge in [-0.05, 0) is 31.7 Å². The average molecular weight is 311 g/mol. The van der Waals surface area contributed by atoms with Crippen molar-refractivity contribution in [3.05, 3.63) is 28.4 Å². The van der Waals surface area contributed by atoms with Crippen molar-refractivity contribution in [3.8, 4) is 0 Å². The normalized spacial score (nSPS) is 25.2. The van der Waals surface area contributed by atoms with E-state index in [1.54, 1.807) is 10.4 Å². The molecule has 1 atom stereocenters. The molecule has 1 aliphatic heterocycles. The van der Waals surface area contributed by atoms with Crippen molar-refractivity contribution in [2.45, 2.75) is 49.7 Å². The number of nitrogens with zero attached hydrogens (tertiary/aromatic N) is 2. The maximum atomic E-state index is 12.7. The maximum Gasteiger partial charge on any atom is 0.345 e. The van der Waals surface area contributed by atoms with E-state index in [0.717, 1.165) is 44.2 Å². The first-order valence-electron chi connectivity index (χ1n) is 7.61. The van der Waals surface area contributed by atoms with Crippen LogP contribution in [-0.2, 0) is 10.0 Å². The van der Waals surface area contributed by atoms with Gasteiger partial charge in [0.05, 0.1) is 5.25 Å². The third-order valence-corrected chi connectivity index (χ3v) is 6.97. The molecule has 0 bridgehead atoms. The predicted molar refractivity (Wildman–Crippen MR) is 79.6 cm³/mol. The van der Waals surface area contributed by atoms with Crippen molar-refractivity contribution in [1.29, 1.82) is 0 Å². The highest BCUT2D eigenvalue weighted by Crippen LogP contribution is 2.32. The lowest BCUT2D eigenvalue weighted by molar-refractivity contribution is 0.309. The fourth-order valence-electron chi connectivity index (χ4n) is 3.45. The Balaban J connectivity index is 1.78. The van der Waals surface area contributed by atoms with E-state index in [0.29, 0.717) is 13.1 Å². The van der Waals surface area contributed by atoms with Gasteiger partial charge in [0, 0.05) is 30.9 Å². The molecule has 1 saturated heterocycles. The Bertz CT molecular complexity index is 649. The molecule has 1 saturated carbocycles. The fourth-order valence-corrected chi connectivity index (χ4v) is 5.57. The van der Waals surface area contributed by atoms with Crippen LogP contribution in [0.15, 0.2) is 17.1 Å². The van der Waals surface area contributed by atoms with Crippen molar-refractivity contribution in [3.63, 3.8) is 0 Å². The summed E-state index contributed by atoms with van der Waals surface area (Å²) in [6.07, 6.45) is 6.82. The van der Waals surface area contributed by atoms with Crippen LogP contribution in [0.4, 0.5) is 0 Å². The van der Waals surface area contributed by atoms with Crippen LogP contribution < -0.4 is 5.69 Å². The highest BCUT2D eigenvalue weighted by molar-refractivity contribution is 7.89. The molecule has 21 heavy (non-hydrogen) atoms. The van der Waals surface area contributed by atoms with E-state index in [4.69, 9.17) is 0 Å². The Kier molecular flexibility index (Phi) is 4.12. The minimum Gasteiger partial charge on any atom is -0.309 e. The van der Waals surface area contributed by atoms with Crippen molar-refractivity contribution in [2.24, 2.45) is 0 Å². The van der Waals surface area contributed by atoms with Crippen LogP contribution in [-0.4, -0.2) is 41.0 Å². The first-order chi connectivity index (χ1) is 10.1. The van der Waals surface area contributed by atoms with E-state index >= 15 is 0 Å². The summed E-state index contributed by atoms with van der Waals surface area (Å²) in [7, 11) is -3.19. The summed E-state index contributed by atoms with van der Waals surface area (Å²) in [6.45, 7) is 1.07. The third-order valence-electron chi connectivity index (χ3n) is 4.60. The number of aromatic amines is 1. The molecule has 1 aromatic rings. The number of hydrogen-bond donors (Lipinski definition) is 1. The number of sulfonamides is 1. The smallest absolute Gasteiger partial charge is 0.309 e. The summed E-state index contributed by atoms with van der Waals surface area (Å²) in [5.41, 5.74) is 0.421. The fraction of sp³-hybridized carbons (Fsp3) is 0.714. The van der Waals surface area contributed by atoms with Crippen molar-refractivity contribution in [1.82, 2.24) is 14.3 Å². The Morgan fingerprint density at radius 3 is 2.67 bits per heavy atom. The molecule has 0 aromatic carbocycles. The van der Waals surface area contributed by atoms with Gasteiger partial charge in [0.1, 0.15) is 0 Å². The zero-order valence-corrected chi connectivity index (χ0v) is 12.8. The third kappa shape index (κ3) is 3.03. The highest BCUT2D eigenvalue weighted by Gasteiger charge is 2.37. The molecule has 6 nitrogen and oxygen atoms in total. The quantitative estimate of drug-likeness (QED) is 0.910. The van der Waals surface area contributed by atoms with Gasteiger partial charge in [-0.1, -0.05) is 12.8 Å². The van der Waals surface area contributed by atoms with Crippen molar-refractivity contribution >= 4 is 10.0 Å². The van der Waals surface area contributed by atoms with Gasteiger partial charge in [-0.3, -0.25) is 0 Å². The summed E-state index contributed by atoms with van der Waals surface area (Å²) in [6, 6.07) is 1.78. The van der Waals surface area contributed by atoms with Gasteiger partial charge >= 0.3 is 5.69 Å². The van der Waals surface area contributed by atoms with Gasteiger partial charge in [-0.2, -0.15) is 0 Å². The lowest BCUT2D eigenvalue weighted by Gasteiger charge is -2.33. The molecule has 0 radical (unpaired) electrons. The standard InChI is InChI=1S/C14H21N3O3S/c18-14-15-8-7-13(16-14)11-4-3-9-17(10-11)21(19,20)12-5-1-2-6-12/h7-8,11-12H,1-6,9-10H2,(H,15,16,18)/t11-/m0/s1. The van der Waals surface area contributed by atoms with E-state index in [1.807, 2.05) is 0 Å². The first kappa shape index (κ1) is 14.7. The second kappa shape index (κ2) is 5.88. The van der Waals surface area contributed by atoms with Crippen LogP contribution in [0.2, 0.25) is 0 Å². The number of hydrogen-bond acceptors (Lipinski definition) is 4. The van der Waals surface area contributed by atoms with Gasteiger partial charge < -0.3 is 4.98 Å². The number of piperidine rings is 1. The molecular weight excluding hydrogens is 290 g/mol. The second-order valence-corrected chi connectivity index (χ2v) is 8.19. The molecule has 0 spiro atoms. The SMILES string of the molecule is O=c1nccc([C@H]2CCCN(S(=O)(=O)C3CCCC3)C2)[nH]1. The minimum atomic E-state index is -3.19. The lowest BCUT2D eigenvalue weighted by atomic mass is 9.96. The van der Waals surface area contributed by atoms with Gasteiger partial charge in [0.15, 0.2) is 0 Å². The molecule has 2 heterocycles. The number of rotatable bonds is 3. The Morgan fingerprint density at radius 2 is 1.95 bits per heavy atom. The number of nitrogens with one attached hydrogen (secondary N) is 1. The minimum absolute atomic E-state index is 0.0608. The summed E-state index contributed by atoms with van der Waals surface area (Å²) in [5.74, 6) is 0.0608. The molecule has 7 heteroatoms. The van der Waals surface area contributed by atoms with Crippen molar-refractivity contribution < 1.29 is 8.42 Å². The molecule has 2 fully saturated rings. The van der Waals surface area contributed by atoms with Gasteiger partial charge in [-0.15, -0.1) is 0 Å². The Labute approximate surface area is 124 Å². The van der Waals surface area contributed by atoms with Crippen LogP contribution in [0.5, 0.6) is 0 Å². The van der Waals surface area contributed by atoms with E-state index in [-0.39, 0.29) is 16.9 Å². The summed E-state index contributed by atoms with van der Waals surface area (Å²) < 4.78 is 27.0. The Morgan fingerprint density at radius 1 is 1.19 bits per heavy atom. The summed E-state index contributed by atoms with van der Waals surface area (Å²) in [5, 5.41) is -0.201. The topological polar surface area (TPSA) is 83.1 Å². The maximum absolute atomic E-state index is 12.7. The molecule has 1 aliphatic carbocycles. The van der Waals surface area contributed by atoms with Gasteiger partial charge in [0.2, 0.25) is 10.0 Å². The van der Waals surface area contributed by atoms with Crippen LogP contribution in [0, 0.1) is 0 Å². The van der Waals surface area contributed by atoms with Crippen LogP contribution in [0.1, 0.15) is 50.1 Å². The first-order valence-corrected chi connectivity index (χ1v) is 9.12. The Hall–Kier alpha value is -1.21. The molecule has 0 amide bonds. The monoisotopic (exact) mass is 311 g/mol.